The number of hydrogen-bond donors (Lipinski definition) is 1. The van der Waals surface area contributed by atoms with E-state index in [4.69, 9.17) is 0 Å². The molecule has 0 aromatic heterocycles. The predicted molar refractivity (Wildman–Crippen MR) is 77.4 cm³/mol. The van der Waals surface area contributed by atoms with Crippen LogP contribution >= 0.6 is 15.9 Å². The molecule has 1 atom stereocenters. The number of halogens is 1. The summed E-state index contributed by atoms with van der Waals surface area (Å²) in [6, 6.07) is 8.40. The van der Waals surface area contributed by atoms with Gasteiger partial charge in [-0.3, -0.25) is 4.79 Å². The molecule has 0 spiro atoms. The average molecular weight is 310 g/mol. The van der Waals surface area contributed by atoms with Crippen LogP contribution in [-0.2, 0) is 11.2 Å². The van der Waals surface area contributed by atoms with E-state index in [1.807, 2.05) is 0 Å². The van der Waals surface area contributed by atoms with Gasteiger partial charge in [0, 0.05) is 16.4 Å². The van der Waals surface area contributed by atoms with Crippen LogP contribution in [0.1, 0.15) is 38.7 Å². The first-order chi connectivity index (χ1) is 8.49. The molecule has 2 rings (SSSR count). The van der Waals surface area contributed by atoms with Crippen LogP contribution in [-0.4, -0.2) is 11.4 Å². The molecule has 1 aromatic rings. The Morgan fingerprint density at radius 2 is 2.00 bits per heavy atom. The highest BCUT2D eigenvalue weighted by Crippen LogP contribution is 2.31. The highest BCUT2D eigenvalue weighted by Gasteiger charge is 2.37. The van der Waals surface area contributed by atoms with Crippen molar-refractivity contribution in [2.45, 2.75) is 45.1 Å². The first kappa shape index (κ1) is 13.6. The lowest BCUT2D eigenvalue weighted by atomic mass is 9.82. The van der Waals surface area contributed by atoms with Crippen molar-refractivity contribution in [2.75, 3.05) is 0 Å². The Balaban J connectivity index is 2.15. The zero-order chi connectivity index (χ0) is 13.2. The van der Waals surface area contributed by atoms with Crippen molar-refractivity contribution in [3.05, 3.63) is 34.3 Å². The summed E-state index contributed by atoms with van der Waals surface area (Å²) < 4.78 is 1.10. The first-order valence-corrected chi connectivity index (χ1v) is 7.34. The highest BCUT2D eigenvalue weighted by molar-refractivity contribution is 9.10. The molecule has 1 aliphatic heterocycles. The quantitative estimate of drug-likeness (QED) is 0.903. The molecule has 1 unspecified atom stereocenters. The maximum absolute atomic E-state index is 11.6. The average Bonchev–Trinajstić information content (AvgIpc) is 2.62. The maximum Gasteiger partial charge on any atom is 0.220 e. The van der Waals surface area contributed by atoms with Crippen molar-refractivity contribution in [1.82, 2.24) is 5.32 Å². The number of hydrogen-bond acceptors (Lipinski definition) is 1. The van der Waals surface area contributed by atoms with E-state index in [-0.39, 0.29) is 11.4 Å². The second-order valence-electron chi connectivity index (χ2n) is 5.73. The van der Waals surface area contributed by atoms with E-state index >= 15 is 0 Å². The smallest absolute Gasteiger partial charge is 0.220 e. The molecule has 2 nitrogen and oxygen atoms in total. The summed E-state index contributed by atoms with van der Waals surface area (Å²) in [5.74, 6) is 0.798. The fraction of sp³-hybridized carbons (Fsp3) is 0.533. The van der Waals surface area contributed by atoms with Crippen molar-refractivity contribution in [3.63, 3.8) is 0 Å². The van der Waals surface area contributed by atoms with Gasteiger partial charge >= 0.3 is 0 Å². The van der Waals surface area contributed by atoms with Gasteiger partial charge in [0.1, 0.15) is 0 Å². The van der Waals surface area contributed by atoms with E-state index in [1.54, 1.807) is 0 Å². The number of carbonyl (C=O) groups excluding carboxylic acids is 1. The summed E-state index contributed by atoms with van der Waals surface area (Å²) in [5.41, 5.74) is 1.26. The molecule has 0 saturated carbocycles. The lowest BCUT2D eigenvalue weighted by molar-refractivity contribution is -0.119. The minimum atomic E-state index is -0.0287. The summed E-state index contributed by atoms with van der Waals surface area (Å²) in [6.45, 7) is 4.43. The van der Waals surface area contributed by atoms with Crippen molar-refractivity contribution >= 4 is 21.8 Å². The first-order valence-electron chi connectivity index (χ1n) is 6.55. The molecule has 0 aliphatic carbocycles. The molecular formula is C15H20BrNO. The molecule has 1 fully saturated rings. The summed E-state index contributed by atoms with van der Waals surface area (Å²) >= 11 is 3.45. The Labute approximate surface area is 117 Å². The van der Waals surface area contributed by atoms with Gasteiger partial charge in [-0.05, 0) is 42.9 Å². The van der Waals surface area contributed by atoms with Gasteiger partial charge in [0.25, 0.3) is 0 Å². The van der Waals surface area contributed by atoms with E-state index in [1.165, 1.54) is 5.56 Å². The standard InChI is InChI=1S/C15H20BrNO/c1-11(2)9-15(8-7-14(18)17-15)10-12-3-5-13(16)6-4-12/h3-6,11H,7-10H2,1-2H3,(H,17,18). The van der Waals surface area contributed by atoms with Crippen LogP contribution in [0.25, 0.3) is 0 Å². The molecule has 0 radical (unpaired) electrons. The van der Waals surface area contributed by atoms with Crippen LogP contribution in [0.5, 0.6) is 0 Å². The lowest BCUT2D eigenvalue weighted by Crippen LogP contribution is -2.44. The van der Waals surface area contributed by atoms with Gasteiger partial charge in [-0.15, -0.1) is 0 Å². The second kappa shape index (κ2) is 5.43. The third-order valence-electron chi connectivity index (χ3n) is 3.49. The van der Waals surface area contributed by atoms with Crippen LogP contribution in [0, 0.1) is 5.92 Å². The molecule has 1 aliphatic rings. The second-order valence-corrected chi connectivity index (χ2v) is 6.65. The Bertz CT molecular complexity index is 427. The SMILES string of the molecule is CC(C)CC1(Cc2ccc(Br)cc2)CCC(=O)N1. The molecule has 1 N–H and O–H groups in total. The molecule has 0 bridgehead atoms. The van der Waals surface area contributed by atoms with E-state index in [0.29, 0.717) is 12.3 Å². The third kappa shape index (κ3) is 3.35. The number of carbonyl (C=O) groups is 1. The van der Waals surface area contributed by atoms with Gasteiger partial charge in [-0.25, -0.2) is 0 Å². The van der Waals surface area contributed by atoms with E-state index in [9.17, 15) is 4.79 Å². The predicted octanol–water partition coefficient (Wildman–Crippen LogP) is 3.69. The summed E-state index contributed by atoms with van der Waals surface area (Å²) in [5, 5.41) is 3.21. The molecule has 1 saturated heterocycles. The van der Waals surface area contributed by atoms with Gasteiger partial charge in [0.15, 0.2) is 0 Å². The Morgan fingerprint density at radius 3 is 2.50 bits per heavy atom. The number of nitrogens with one attached hydrogen (secondary N) is 1. The van der Waals surface area contributed by atoms with Crippen molar-refractivity contribution in [3.8, 4) is 0 Å². The van der Waals surface area contributed by atoms with E-state index in [0.717, 1.165) is 23.7 Å². The van der Waals surface area contributed by atoms with E-state index < -0.39 is 0 Å². The minimum absolute atomic E-state index is 0.0287. The molecule has 18 heavy (non-hydrogen) atoms. The van der Waals surface area contributed by atoms with E-state index in [2.05, 4.69) is 59.4 Å². The normalized spacial score (nSPS) is 23.4. The Hall–Kier alpha value is -0.830. The molecule has 1 aromatic carbocycles. The summed E-state index contributed by atoms with van der Waals surface area (Å²) in [6.07, 6.45) is 3.61. The summed E-state index contributed by atoms with van der Waals surface area (Å²) in [7, 11) is 0. The highest BCUT2D eigenvalue weighted by atomic mass is 79.9. The van der Waals surface area contributed by atoms with Crippen LogP contribution in [0.15, 0.2) is 28.7 Å². The minimum Gasteiger partial charge on any atom is -0.350 e. The molecule has 1 amide bonds. The summed E-state index contributed by atoms with van der Waals surface area (Å²) in [4.78, 5) is 11.6. The van der Waals surface area contributed by atoms with Gasteiger partial charge in [-0.1, -0.05) is 41.9 Å². The lowest BCUT2D eigenvalue weighted by Gasteiger charge is -2.31. The van der Waals surface area contributed by atoms with Crippen LogP contribution in [0.4, 0.5) is 0 Å². The molecule has 1 heterocycles. The maximum atomic E-state index is 11.6. The molecule has 98 valence electrons. The fourth-order valence-corrected chi connectivity index (χ4v) is 3.17. The Morgan fingerprint density at radius 1 is 1.33 bits per heavy atom. The van der Waals surface area contributed by atoms with Crippen molar-refractivity contribution in [2.24, 2.45) is 5.92 Å². The van der Waals surface area contributed by atoms with Crippen molar-refractivity contribution < 1.29 is 4.79 Å². The third-order valence-corrected chi connectivity index (χ3v) is 4.02. The zero-order valence-electron chi connectivity index (χ0n) is 11.0. The number of amides is 1. The van der Waals surface area contributed by atoms with Gasteiger partial charge in [0.2, 0.25) is 5.91 Å². The van der Waals surface area contributed by atoms with Gasteiger partial charge < -0.3 is 5.32 Å². The van der Waals surface area contributed by atoms with Gasteiger partial charge in [0.05, 0.1) is 0 Å². The van der Waals surface area contributed by atoms with Gasteiger partial charge in [-0.2, -0.15) is 0 Å². The van der Waals surface area contributed by atoms with Crippen LogP contribution in [0.3, 0.4) is 0 Å². The monoisotopic (exact) mass is 309 g/mol. The number of rotatable bonds is 4. The molecule has 3 heteroatoms. The zero-order valence-corrected chi connectivity index (χ0v) is 12.6. The number of benzene rings is 1. The fourth-order valence-electron chi connectivity index (χ4n) is 2.91. The van der Waals surface area contributed by atoms with Crippen molar-refractivity contribution in [1.29, 1.82) is 0 Å². The van der Waals surface area contributed by atoms with Crippen LogP contribution < -0.4 is 5.32 Å². The van der Waals surface area contributed by atoms with Crippen LogP contribution in [0.2, 0.25) is 0 Å². The Kier molecular flexibility index (Phi) is 4.10. The topological polar surface area (TPSA) is 29.1 Å². The largest absolute Gasteiger partial charge is 0.350 e. The molecular weight excluding hydrogens is 290 g/mol.